The van der Waals surface area contributed by atoms with Crippen LogP contribution in [0, 0.1) is 13.8 Å². The van der Waals surface area contributed by atoms with Crippen molar-refractivity contribution in [1.29, 1.82) is 0 Å². The SMILES string of the molecule is CC1=Cc2c(C)ccc(C)c2C1.[Cl][Ti][Cl]. The van der Waals surface area contributed by atoms with Crippen LogP contribution < -0.4 is 0 Å². The number of hydrogen-bond acceptors (Lipinski definition) is 0. The Labute approximate surface area is 108 Å². The van der Waals surface area contributed by atoms with Crippen molar-refractivity contribution in [2.24, 2.45) is 0 Å². The summed E-state index contributed by atoms with van der Waals surface area (Å²) >= 11 is -0.556. The van der Waals surface area contributed by atoms with Gasteiger partial charge in [-0.1, -0.05) is 23.8 Å². The van der Waals surface area contributed by atoms with E-state index in [0.717, 1.165) is 6.42 Å². The van der Waals surface area contributed by atoms with Crippen LogP contribution in [0.15, 0.2) is 17.7 Å². The van der Waals surface area contributed by atoms with E-state index in [0.29, 0.717) is 0 Å². The molecule has 1 aliphatic carbocycles. The first-order valence-corrected chi connectivity index (χ1v) is 9.12. The van der Waals surface area contributed by atoms with Crippen LogP contribution in [0.5, 0.6) is 0 Å². The number of benzene rings is 1. The second kappa shape index (κ2) is 6.10. The predicted molar refractivity (Wildman–Crippen MR) is 65.0 cm³/mol. The van der Waals surface area contributed by atoms with Crippen molar-refractivity contribution in [3.63, 3.8) is 0 Å². The molecule has 0 saturated heterocycles. The third kappa shape index (κ3) is 3.36. The van der Waals surface area contributed by atoms with E-state index < -0.39 is 17.0 Å². The molecule has 0 nitrogen and oxygen atoms in total. The number of rotatable bonds is 0. The van der Waals surface area contributed by atoms with E-state index in [1.54, 1.807) is 0 Å². The minimum absolute atomic E-state index is 0.556. The Balaban J connectivity index is 0.000000337. The first kappa shape index (κ1) is 13.3. The summed E-state index contributed by atoms with van der Waals surface area (Å²) in [5, 5.41) is 0. The Morgan fingerprint density at radius 1 is 1.07 bits per heavy atom. The predicted octanol–water partition coefficient (Wildman–Crippen LogP) is 4.64. The maximum atomic E-state index is 4.89. The van der Waals surface area contributed by atoms with Crippen LogP contribution in [0.2, 0.25) is 0 Å². The average molecular weight is 277 g/mol. The first-order chi connectivity index (χ1) is 7.10. The fourth-order valence-corrected chi connectivity index (χ4v) is 1.90. The molecule has 1 aliphatic rings. The molecule has 3 heteroatoms. The van der Waals surface area contributed by atoms with Gasteiger partial charge in [0.15, 0.2) is 0 Å². The zero-order valence-electron chi connectivity index (χ0n) is 9.20. The molecule has 0 heterocycles. The Morgan fingerprint density at radius 3 is 2.13 bits per heavy atom. The van der Waals surface area contributed by atoms with Gasteiger partial charge >= 0.3 is 35.6 Å². The van der Waals surface area contributed by atoms with E-state index in [-0.39, 0.29) is 0 Å². The van der Waals surface area contributed by atoms with Crippen LogP contribution in [-0.4, -0.2) is 0 Å². The third-order valence-corrected chi connectivity index (χ3v) is 2.66. The van der Waals surface area contributed by atoms with Crippen molar-refractivity contribution in [3.05, 3.63) is 40.0 Å². The van der Waals surface area contributed by atoms with E-state index in [2.05, 4.69) is 39.0 Å². The first-order valence-electron chi connectivity index (χ1n) is 4.82. The summed E-state index contributed by atoms with van der Waals surface area (Å²) in [5.41, 5.74) is 7.33. The van der Waals surface area contributed by atoms with E-state index in [4.69, 9.17) is 18.6 Å². The molecular weight excluding hydrogens is 263 g/mol. The van der Waals surface area contributed by atoms with Gasteiger partial charge in [-0.05, 0) is 49.4 Å². The monoisotopic (exact) mass is 276 g/mol. The normalized spacial score (nSPS) is 12.5. The summed E-state index contributed by atoms with van der Waals surface area (Å²) in [5.74, 6) is 0. The van der Waals surface area contributed by atoms with Crippen molar-refractivity contribution in [1.82, 2.24) is 0 Å². The average Bonchev–Trinajstić information content (AvgIpc) is 2.56. The molecule has 0 unspecified atom stereocenters. The zero-order chi connectivity index (χ0) is 11.4. The molecule has 0 radical (unpaired) electrons. The summed E-state index contributed by atoms with van der Waals surface area (Å²) in [4.78, 5) is 0. The molecule has 1 aromatic rings. The quantitative estimate of drug-likeness (QED) is 0.606. The van der Waals surface area contributed by atoms with Crippen molar-refractivity contribution >= 4 is 24.7 Å². The molecule has 0 bridgehead atoms. The fourth-order valence-electron chi connectivity index (χ4n) is 1.90. The van der Waals surface area contributed by atoms with Crippen molar-refractivity contribution < 1.29 is 17.0 Å². The summed E-state index contributed by atoms with van der Waals surface area (Å²) < 4.78 is 0. The van der Waals surface area contributed by atoms with Crippen LogP contribution in [0.3, 0.4) is 0 Å². The summed E-state index contributed by atoms with van der Waals surface area (Å²) in [6, 6.07) is 4.43. The van der Waals surface area contributed by atoms with Gasteiger partial charge < -0.3 is 0 Å². The van der Waals surface area contributed by atoms with Crippen LogP contribution in [0.1, 0.15) is 29.2 Å². The minimum atomic E-state index is -0.556. The third-order valence-electron chi connectivity index (χ3n) is 2.66. The number of hydrogen-bond donors (Lipinski definition) is 0. The van der Waals surface area contributed by atoms with E-state index in [1.165, 1.54) is 27.8 Å². The summed E-state index contributed by atoms with van der Waals surface area (Å²) in [6.07, 6.45) is 3.47. The van der Waals surface area contributed by atoms with E-state index >= 15 is 0 Å². The second-order valence-corrected chi connectivity index (χ2v) is 6.41. The Hall–Kier alpha value is 0.254. The number of allylic oxidation sites excluding steroid dienone is 1. The topological polar surface area (TPSA) is 0 Å². The number of fused-ring (bicyclic) bond motifs is 1. The van der Waals surface area contributed by atoms with Crippen LogP contribution >= 0.6 is 18.6 Å². The van der Waals surface area contributed by atoms with Gasteiger partial charge in [0.05, 0.1) is 0 Å². The zero-order valence-corrected chi connectivity index (χ0v) is 12.3. The molecule has 2 rings (SSSR count). The van der Waals surface area contributed by atoms with Gasteiger partial charge in [0.2, 0.25) is 0 Å². The number of aryl methyl sites for hydroxylation is 2. The van der Waals surface area contributed by atoms with Crippen LogP contribution in [-0.2, 0) is 23.5 Å². The molecule has 0 atom stereocenters. The molecule has 0 amide bonds. The Bertz CT molecular complexity index is 383. The molecule has 0 saturated carbocycles. The standard InChI is InChI=1S/C12H14.2ClH.Ti/c1-8-6-11-9(2)4-5-10(3)12(11)7-8;;;/h4-6H,7H2,1-3H3;2*1H;/q;;;+2/p-2. The molecular formula is C12H14Cl2Ti. The second-order valence-electron chi connectivity index (χ2n) is 3.83. The van der Waals surface area contributed by atoms with E-state index in [9.17, 15) is 0 Å². The van der Waals surface area contributed by atoms with Crippen LogP contribution in [0.25, 0.3) is 6.08 Å². The van der Waals surface area contributed by atoms with Crippen molar-refractivity contribution in [3.8, 4) is 0 Å². The molecule has 1 aromatic carbocycles. The van der Waals surface area contributed by atoms with Gasteiger partial charge in [-0.2, -0.15) is 0 Å². The summed E-state index contributed by atoms with van der Waals surface area (Å²) in [7, 11) is 9.78. The van der Waals surface area contributed by atoms with Gasteiger partial charge in [0, 0.05) is 0 Å². The molecule has 80 valence electrons. The summed E-state index contributed by atoms with van der Waals surface area (Å²) in [6.45, 7) is 6.59. The number of halogens is 2. The fraction of sp³-hybridized carbons (Fsp3) is 0.333. The van der Waals surface area contributed by atoms with Gasteiger partial charge in [-0.15, -0.1) is 0 Å². The van der Waals surface area contributed by atoms with Gasteiger partial charge in [-0.25, -0.2) is 0 Å². The Kier molecular flexibility index (Phi) is 5.42. The van der Waals surface area contributed by atoms with Gasteiger partial charge in [0.25, 0.3) is 0 Å². The molecule has 0 spiro atoms. The molecule has 0 fully saturated rings. The molecule has 0 N–H and O–H groups in total. The van der Waals surface area contributed by atoms with Gasteiger partial charge in [0.1, 0.15) is 0 Å². The van der Waals surface area contributed by atoms with Crippen molar-refractivity contribution in [2.45, 2.75) is 27.2 Å². The van der Waals surface area contributed by atoms with Crippen LogP contribution in [0.4, 0.5) is 0 Å². The van der Waals surface area contributed by atoms with E-state index in [1.807, 2.05) is 0 Å². The molecule has 0 aromatic heterocycles. The van der Waals surface area contributed by atoms with Crippen molar-refractivity contribution in [2.75, 3.05) is 0 Å². The molecule has 15 heavy (non-hydrogen) atoms. The maximum absolute atomic E-state index is 4.89. The molecule has 0 aliphatic heterocycles. The van der Waals surface area contributed by atoms with Gasteiger partial charge in [-0.3, -0.25) is 0 Å². The Morgan fingerprint density at radius 2 is 1.60 bits per heavy atom.